The van der Waals surface area contributed by atoms with E-state index in [4.69, 9.17) is 0 Å². The molecule has 0 bridgehead atoms. The summed E-state index contributed by atoms with van der Waals surface area (Å²) in [6, 6.07) is 9.10. The minimum absolute atomic E-state index is 0.193. The zero-order valence-electron chi connectivity index (χ0n) is 12.3. The van der Waals surface area contributed by atoms with Crippen molar-refractivity contribution in [2.45, 2.75) is 26.3 Å². The van der Waals surface area contributed by atoms with E-state index in [0.717, 1.165) is 44.0 Å². The number of hydrogen-bond acceptors (Lipinski definition) is 3. The van der Waals surface area contributed by atoms with Crippen LogP contribution in [0.4, 0.5) is 15.9 Å². The van der Waals surface area contributed by atoms with Crippen molar-refractivity contribution < 1.29 is 4.39 Å². The zero-order chi connectivity index (χ0) is 14.7. The third-order valence-electron chi connectivity index (χ3n) is 3.78. The Kier molecular flexibility index (Phi) is 4.15. The first-order valence-electron chi connectivity index (χ1n) is 7.49. The lowest BCUT2D eigenvalue weighted by Crippen LogP contribution is -2.16. The van der Waals surface area contributed by atoms with Crippen molar-refractivity contribution >= 4 is 11.5 Å². The highest BCUT2D eigenvalue weighted by Crippen LogP contribution is 2.33. The molecule has 1 aliphatic heterocycles. The van der Waals surface area contributed by atoms with Crippen molar-refractivity contribution in [2.24, 2.45) is 0 Å². The lowest BCUT2D eigenvalue weighted by molar-refractivity contribution is 0.628. The van der Waals surface area contributed by atoms with Crippen molar-refractivity contribution in [1.82, 2.24) is 10.3 Å². The first-order chi connectivity index (χ1) is 10.3. The number of nitrogens with zero attached hydrogens (tertiary/aromatic N) is 2. The van der Waals surface area contributed by atoms with Crippen LogP contribution >= 0.6 is 0 Å². The van der Waals surface area contributed by atoms with Gasteiger partial charge in [0.25, 0.3) is 0 Å². The predicted molar refractivity (Wildman–Crippen MR) is 83.3 cm³/mol. The molecule has 2 aromatic rings. The average molecular weight is 285 g/mol. The van der Waals surface area contributed by atoms with Crippen molar-refractivity contribution in [3.8, 4) is 0 Å². The Morgan fingerprint density at radius 2 is 2.19 bits per heavy atom. The number of rotatable bonds is 5. The number of anilines is 2. The molecule has 0 fully saturated rings. The fourth-order valence-corrected chi connectivity index (χ4v) is 2.68. The maximum absolute atomic E-state index is 13.4. The van der Waals surface area contributed by atoms with Crippen molar-refractivity contribution in [2.75, 3.05) is 18.0 Å². The van der Waals surface area contributed by atoms with Crippen molar-refractivity contribution in [3.63, 3.8) is 0 Å². The van der Waals surface area contributed by atoms with E-state index in [1.807, 2.05) is 18.3 Å². The lowest BCUT2D eigenvalue weighted by Gasteiger charge is -2.18. The molecule has 2 heterocycles. The summed E-state index contributed by atoms with van der Waals surface area (Å²) < 4.78 is 13.4. The Morgan fingerprint density at radius 1 is 1.29 bits per heavy atom. The molecule has 0 aliphatic carbocycles. The van der Waals surface area contributed by atoms with E-state index >= 15 is 0 Å². The van der Waals surface area contributed by atoms with Crippen LogP contribution in [-0.2, 0) is 13.0 Å². The van der Waals surface area contributed by atoms with E-state index in [-0.39, 0.29) is 5.82 Å². The fraction of sp³-hybridized carbons (Fsp3) is 0.353. The molecule has 0 saturated carbocycles. The Bertz CT molecular complexity index is 610. The van der Waals surface area contributed by atoms with E-state index in [2.05, 4.69) is 28.2 Å². The quantitative estimate of drug-likeness (QED) is 0.853. The second kappa shape index (κ2) is 6.22. The maximum Gasteiger partial charge on any atom is 0.132 e. The molecule has 0 saturated heterocycles. The van der Waals surface area contributed by atoms with Gasteiger partial charge in [-0.3, -0.25) is 0 Å². The molecule has 0 atom stereocenters. The van der Waals surface area contributed by atoms with Gasteiger partial charge in [-0.2, -0.15) is 0 Å². The molecule has 1 aliphatic rings. The molecule has 4 heteroatoms. The predicted octanol–water partition coefficient (Wildman–Crippen LogP) is 3.41. The van der Waals surface area contributed by atoms with Crippen molar-refractivity contribution in [3.05, 3.63) is 53.5 Å². The molecule has 1 aromatic heterocycles. The molecular weight excluding hydrogens is 265 g/mol. The van der Waals surface area contributed by atoms with Crippen LogP contribution in [0.5, 0.6) is 0 Å². The van der Waals surface area contributed by atoms with E-state index < -0.39 is 0 Å². The van der Waals surface area contributed by atoms with Gasteiger partial charge in [-0.05, 0) is 48.7 Å². The van der Waals surface area contributed by atoms with Gasteiger partial charge in [-0.25, -0.2) is 9.37 Å². The molecule has 110 valence electrons. The van der Waals surface area contributed by atoms with Gasteiger partial charge in [0.15, 0.2) is 0 Å². The number of halogens is 1. The van der Waals surface area contributed by atoms with Gasteiger partial charge >= 0.3 is 0 Å². The van der Waals surface area contributed by atoms with Crippen LogP contribution in [0.3, 0.4) is 0 Å². The van der Waals surface area contributed by atoms with Gasteiger partial charge in [-0.1, -0.05) is 19.1 Å². The molecule has 1 aromatic carbocycles. The molecule has 0 spiro atoms. The van der Waals surface area contributed by atoms with Gasteiger partial charge < -0.3 is 10.2 Å². The highest BCUT2D eigenvalue weighted by molar-refractivity contribution is 5.67. The molecule has 1 N–H and O–H groups in total. The Labute approximate surface area is 124 Å². The van der Waals surface area contributed by atoms with Crippen LogP contribution in [0.25, 0.3) is 0 Å². The Morgan fingerprint density at radius 3 is 2.95 bits per heavy atom. The SMILES string of the molecule is CCCNCc1ccc(N2CCc3ccc(F)cc32)nc1. The van der Waals surface area contributed by atoms with Crippen LogP contribution in [0.1, 0.15) is 24.5 Å². The second-order valence-corrected chi connectivity index (χ2v) is 5.38. The van der Waals surface area contributed by atoms with Crippen molar-refractivity contribution in [1.29, 1.82) is 0 Å². The summed E-state index contributed by atoms with van der Waals surface area (Å²) in [5.41, 5.74) is 3.30. The van der Waals surface area contributed by atoms with Gasteiger partial charge in [0.05, 0.1) is 0 Å². The summed E-state index contributed by atoms with van der Waals surface area (Å²) in [4.78, 5) is 6.62. The standard InChI is InChI=1S/C17H20FN3/c1-2-8-19-11-13-3-6-17(20-12-13)21-9-7-14-4-5-15(18)10-16(14)21/h3-6,10,12,19H,2,7-9,11H2,1H3. The average Bonchev–Trinajstić information content (AvgIpc) is 2.91. The molecule has 0 amide bonds. The van der Waals surface area contributed by atoms with Crippen LogP contribution in [0.2, 0.25) is 0 Å². The van der Waals surface area contributed by atoms with E-state index in [1.165, 1.54) is 17.2 Å². The number of fused-ring (bicyclic) bond motifs is 1. The maximum atomic E-state index is 13.4. The van der Waals surface area contributed by atoms with E-state index in [0.29, 0.717) is 0 Å². The van der Waals surface area contributed by atoms with Crippen LogP contribution < -0.4 is 10.2 Å². The molecule has 0 radical (unpaired) electrons. The van der Waals surface area contributed by atoms with Gasteiger partial charge in [0.2, 0.25) is 0 Å². The normalized spacial score (nSPS) is 13.5. The summed E-state index contributed by atoms with van der Waals surface area (Å²) in [7, 11) is 0. The molecule has 0 unspecified atom stereocenters. The Balaban J connectivity index is 1.75. The largest absolute Gasteiger partial charge is 0.326 e. The van der Waals surface area contributed by atoms with Crippen LogP contribution in [0.15, 0.2) is 36.5 Å². The summed E-state index contributed by atoms with van der Waals surface area (Å²) >= 11 is 0. The number of nitrogens with one attached hydrogen (secondary N) is 1. The molecule has 3 rings (SSSR count). The number of pyridine rings is 1. The molecular formula is C17H20FN3. The highest BCUT2D eigenvalue weighted by Gasteiger charge is 2.21. The first kappa shape index (κ1) is 14.0. The highest BCUT2D eigenvalue weighted by atomic mass is 19.1. The summed E-state index contributed by atoms with van der Waals surface area (Å²) in [5, 5.41) is 3.36. The van der Waals surface area contributed by atoms with Crippen LogP contribution in [0, 0.1) is 5.82 Å². The zero-order valence-corrected chi connectivity index (χ0v) is 12.3. The van der Waals surface area contributed by atoms with Crippen LogP contribution in [-0.4, -0.2) is 18.1 Å². The van der Waals surface area contributed by atoms with Gasteiger partial charge in [0.1, 0.15) is 11.6 Å². The fourth-order valence-electron chi connectivity index (χ4n) is 2.68. The third kappa shape index (κ3) is 3.05. The lowest BCUT2D eigenvalue weighted by atomic mass is 10.2. The molecule has 21 heavy (non-hydrogen) atoms. The minimum atomic E-state index is -0.193. The summed E-state index contributed by atoms with van der Waals surface area (Å²) in [5.74, 6) is 0.694. The van der Waals surface area contributed by atoms with Gasteiger partial charge in [0, 0.05) is 25.0 Å². The topological polar surface area (TPSA) is 28.2 Å². The number of benzene rings is 1. The first-order valence-corrected chi connectivity index (χ1v) is 7.49. The smallest absolute Gasteiger partial charge is 0.132 e. The van der Waals surface area contributed by atoms with E-state index in [9.17, 15) is 4.39 Å². The molecule has 3 nitrogen and oxygen atoms in total. The van der Waals surface area contributed by atoms with Gasteiger partial charge in [-0.15, -0.1) is 0 Å². The summed E-state index contributed by atoms with van der Waals surface area (Å²) in [6.07, 6.45) is 3.97. The Hall–Kier alpha value is -1.94. The minimum Gasteiger partial charge on any atom is -0.326 e. The number of hydrogen-bond donors (Lipinski definition) is 1. The monoisotopic (exact) mass is 285 g/mol. The second-order valence-electron chi connectivity index (χ2n) is 5.38. The van der Waals surface area contributed by atoms with E-state index in [1.54, 1.807) is 6.07 Å². The third-order valence-corrected chi connectivity index (χ3v) is 3.78. The summed E-state index contributed by atoms with van der Waals surface area (Å²) in [6.45, 7) is 4.87. The number of aromatic nitrogens is 1.